The second-order valence-corrected chi connectivity index (χ2v) is 6.81. The Kier molecular flexibility index (Phi) is 5.60. The molecule has 2 aromatic carbocycles. The van der Waals surface area contributed by atoms with Gasteiger partial charge >= 0.3 is 0 Å². The molecule has 152 valence electrons. The monoisotopic (exact) mass is 402 g/mol. The number of aromatic amines is 1. The lowest BCUT2D eigenvalue weighted by Crippen LogP contribution is -2.19. The summed E-state index contributed by atoms with van der Waals surface area (Å²) in [6.07, 6.45) is 1.51. The number of benzene rings is 2. The first-order valence-corrected chi connectivity index (χ1v) is 9.77. The first kappa shape index (κ1) is 19.4. The molecule has 30 heavy (non-hydrogen) atoms. The summed E-state index contributed by atoms with van der Waals surface area (Å²) in [4.78, 5) is 16.3. The highest BCUT2D eigenvalue weighted by atomic mass is 16.2. The SMILES string of the molecule is CCCn1nc(C(=O)NC)nc1Cc1ccc(-c2ccccc2-c2nn[nH]n2)cc1. The molecule has 0 atom stereocenters. The number of nitrogens with zero attached hydrogens (tertiary/aromatic N) is 6. The summed E-state index contributed by atoms with van der Waals surface area (Å²) in [6, 6.07) is 16.2. The van der Waals surface area contributed by atoms with Crippen LogP contribution in [0.2, 0.25) is 0 Å². The highest BCUT2D eigenvalue weighted by Gasteiger charge is 2.16. The van der Waals surface area contributed by atoms with Crippen LogP contribution in [0.3, 0.4) is 0 Å². The highest BCUT2D eigenvalue weighted by molar-refractivity contribution is 5.90. The van der Waals surface area contributed by atoms with Crippen molar-refractivity contribution in [3.05, 3.63) is 65.7 Å². The molecule has 9 nitrogen and oxygen atoms in total. The van der Waals surface area contributed by atoms with Crippen LogP contribution in [0.4, 0.5) is 0 Å². The van der Waals surface area contributed by atoms with Crippen LogP contribution in [-0.4, -0.2) is 48.3 Å². The van der Waals surface area contributed by atoms with Gasteiger partial charge in [-0.25, -0.2) is 9.67 Å². The number of carbonyl (C=O) groups excluding carboxylic acids is 1. The van der Waals surface area contributed by atoms with Crippen molar-refractivity contribution in [1.29, 1.82) is 0 Å². The fraction of sp³-hybridized carbons (Fsp3) is 0.238. The Hall–Kier alpha value is -3.88. The molecule has 4 rings (SSSR count). The molecular weight excluding hydrogens is 380 g/mol. The summed E-state index contributed by atoms with van der Waals surface area (Å²) in [5.41, 5.74) is 4.09. The zero-order chi connectivity index (χ0) is 20.9. The maximum absolute atomic E-state index is 11.9. The van der Waals surface area contributed by atoms with Gasteiger partial charge in [0.25, 0.3) is 5.91 Å². The van der Waals surface area contributed by atoms with Crippen LogP contribution in [0.25, 0.3) is 22.5 Å². The van der Waals surface area contributed by atoms with E-state index in [1.54, 1.807) is 7.05 Å². The number of aryl methyl sites for hydroxylation is 1. The first-order valence-electron chi connectivity index (χ1n) is 9.77. The Morgan fingerprint density at radius 3 is 2.53 bits per heavy atom. The Labute approximate surface area is 173 Å². The van der Waals surface area contributed by atoms with Crippen molar-refractivity contribution < 1.29 is 4.79 Å². The molecule has 0 aliphatic heterocycles. The van der Waals surface area contributed by atoms with E-state index >= 15 is 0 Å². The Morgan fingerprint density at radius 1 is 1.10 bits per heavy atom. The minimum absolute atomic E-state index is 0.201. The molecule has 9 heteroatoms. The quantitative estimate of drug-likeness (QED) is 0.491. The van der Waals surface area contributed by atoms with Gasteiger partial charge < -0.3 is 5.32 Å². The Morgan fingerprint density at radius 2 is 1.87 bits per heavy atom. The summed E-state index contributed by atoms with van der Waals surface area (Å²) in [5, 5.41) is 21.3. The number of tetrazole rings is 1. The van der Waals surface area contributed by atoms with Crippen LogP contribution in [0, 0.1) is 0 Å². The molecule has 1 amide bonds. The average molecular weight is 402 g/mol. The smallest absolute Gasteiger partial charge is 0.290 e. The number of aromatic nitrogens is 7. The van der Waals surface area contributed by atoms with Crippen molar-refractivity contribution >= 4 is 5.91 Å². The fourth-order valence-corrected chi connectivity index (χ4v) is 3.29. The maximum atomic E-state index is 11.9. The lowest BCUT2D eigenvalue weighted by Gasteiger charge is -2.08. The number of carbonyl (C=O) groups is 1. The van der Waals surface area contributed by atoms with Crippen molar-refractivity contribution in [2.45, 2.75) is 26.3 Å². The number of hydrogen-bond donors (Lipinski definition) is 2. The topological polar surface area (TPSA) is 114 Å². The van der Waals surface area contributed by atoms with Gasteiger partial charge in [0, 0.05) is 25.6 Å². The molecule has 0 bridgehead atoms. The highest BCUT2D eigenvalue weighted by Crippen LogP contribution is 2.29. The van der Waals surface area contributed by atoms with E-state index in [0.29, 0.717) is 12.2 Å². The molecular formula is C21H22N8O. The minimum Gasteiger partial charge on any atom is -0.352 e. The van der Waals surface area contributed by atoms with Crippen LogP contribution in [0.15, 0.2) is 48.5 Å². The molecule has 0 unspecified atom stereocenters. The molecule has 0 saturated carbocycles. The molecule has 2 heterocycles. The van der Waals surface area contributed by atoms with Crippen molar-refractivity contribution in [3.8, 4) is 22.5 Å². The summed E-state index contributed by atoms with van der Waals surface area (Å²) >= 11 is 0. The van der Waals surface area contributed by atoms with Crippen LogP contribution in [0.5, 0.6) is 0 Å². The maximum Gasteiger partial charge on any atom is 0.290 e. The predicted molar refractivity (Wildman–Crippen MR) is 112 cm³/mol. The van der Waals surface area contributed by atoms with Crippen molar-refractivity contribution in [2.24, 2.45) is 0 Å². The van der Waals surface area contributed by atoms with E-state index in [-0.39, 0.29) is 11.7 Å². The van der Waals surface area contributed by atoms with Gasteiger partial charge in [0.2, 0.25) is 11.6 Å². The zero-order valence-corrected chi connectivity index (χ0v) is 16.8. The third kappa shape index (κ3) is 3.95. The second kappa shape index (κ2) is 8.64. The molecule has 0 saturated heterocycles. The van der Waals surface area contributed by atoms with E-state index < -0.39 is 0 Å². The molecule has 0 radical (unpaired) electrons. The largest absolute Gasteiger partial charge is 0.352 e. The van der Waals surface area contributed by atoms with Crippen LogP contribution in [-0.2, 0) is 13.0 Å². The van der Waals surface area contributed by atoms with E-state index in [0.717, 1.165) is 41.0 Å². The lowest BCUT2D eigenvalue weighted by molar-refractivity contribution is 0.0952. The van der Waals surface area contributed by atoms with Gasteiger partial charge in [0.1, 0.15) is 5.82 Å². The minimum atomic E-state index is -0.278. The average Bonchev–Trinajstić information content (AvgIpc) is 3.45. The van der Waals surface area contributed by atoms with Crippen LogP contribution in [0.1, 0.15) is 35.4 Å². The van der Waals surface area contributed by atoms with Gasteiger partial charge in [-0.1, -0.05) is 55.5 Å². The molecule has 2 N–H and O–H groups in total. The summed E-state index contributed by atoms with van der Waals surface area (Å²) in [5.74, 6) is 1.26. The number of amides is 1. The number of nitrogens with one attached hydrogen (secondary N) is 2. The molecule has 0 aliphatic carbocycles. The normalized spacial score (nSPS) is 10.9. The first-order chi connectivity index (χ1) is 14.7. The standard InChI is InChI=1S/C21H22N8O/c1-3-12-29-18(23-20(26-29)21(30)22-2)13-14-8-10-15(11-9-14)16-6-4-5-7-17(16)19-24-27-28-25-19/h4-11H,3,12-13H2,1-2H3,(H,22,30)(H,24,25,27,28). The summed E-state index contributed by atoms with van der Waals surface area (Å²) < 4.78 is 1.81. The molecule has 0 spiro atoms. The zero-order valence-electron chi connectivity index (χ0n) is 16.8. The second-order valence-electron chi connectivity index (χ2n) is 6.81. The Balaban J connectivity index is 1.60. The van der Waals surface area contributed by atoms with Crippen molar-refractivity contribution in [3.63, 3.8) is 0 Å². The third-order valence-corrected chi connectivity index (χ3v) is 4.75. The van der Waals surface area contributed by atoms with Crippen LogP contribution < -0.4 is 5.32 Å². The molecule has 4 aromatic rings. The molecule has 0 fully saturated rings. The fourth-order valence-electron chi connectivity index (χ4n) is 3.29. The number of H-pyrrole nitrogens is 1. The number of hydrogen-bond acceptors (Lipinski definition) is 6. The van der Waals surface area contributed by atoms with Gasteiger partial charge in [-0.15, -0.1) is 15.3 Å². The number of rotatable bonds is 7. The van der Waals surface area contributed by atoms with E-state index in [4.69, 9.17) is 0 Å². The van der Waals surface area contributed by atoms with Crippen molar-refractivity contribution in [2.75, 3.05) is 7.05 Å². The predicted octanol–water partition coefficient (Wildman–Crippen LogP) is 2.49. The third-order valence-electron chi connectivity index (χ3n) is 4.75. The van der Waals surface area contributed by atoms with Crippen molar-refractivity contribution in [1.82, 2.24) is 40.7 Å². The Bertz CT molecular complexity index is 1130. The lowest BCUT2D eigenvalue weighted by atomic mass is 9.98. The molecule has 0 aliphatic rings. The van der Waals surface area contributed by atoms with E-state index in [1.165, 1.54) is 0 Å². The van der Waals surface area contributed by atoms with Gasteiger partial charge in [-0.3, -0.25) is 4.79 Å². The summed E-state index contributed by atoms with van der Waals surface area (Å²) in [6.45, 7) is 2.79. The van der Waals surface area contributed by atoms with Gasteiger partial charge in [0.15, 0.2) is 0 Å². The molecule has 2 aromatic heterocycles. The van der Waals surface area contributed by atoms with E-state index in [2.05, 4.69) is 67.2 Å². The van der Waals surface area contributed by atoms with Gasteiger partial charge in [-0.05, 0) is 28.3 Å². The van der Waals surface area contributed by atoms with Gasteiger partial charge in [-0.2, -0.15) is 5.21 Å². The van der Waals surface area contributed by atoms with Gasteiger partial charge in [0.05, 0.1) is 0 Å². The van der Waals surface area contributed by atoms with E-state index in [1.807, 2.05) is 28.9 Å². The van der Waals surface area contributed by atoms with Crippen LogP contribution >= 0.6 is 0 Å². The van der Waals surface area contributed by atoms with E-state index in [9.17, 15) is 4.79 Å². The summed E-state index contributed by atoms with van der Waals surface area (Å²) in [7, 11) is 1.58.